The molecule has 1 amide bonds. The van der Waals surface area contributed by atoms with Gasteiger partial charge in [-0.2, -0.15) is 0 Å². The molecule has 3 heterocycles. The number of hydrogen-bond donors (Lipinski definition) is 0. The Morgan fingerprint density at radius 1 is 1.17 bits per heavy atom. The number of para-hydroxylation sites is 1. The third kappa shape index (κ3) is 2.74. The van der Waals surface area contributed by atoms with E-state index in [9.17, 15) is 4.79 Å². The van der Waals surface area contributed by atoms with Gasteiger partial charge in [0.2, 0.25) is 5.91 Å². The number of hydrogen-bond acceptors (Lipinski definition) is 5. The molecule has 24 heavy (non-hydrogen) atoms. The Kier molecular flexibility index (Phi) is 4.12. The van der Waals surface area contributed by atoms with Crippen LogP contribution in [0.1, 0.15) is 6.92 Å². The summed E-state index contributed by atoms with van der Waals surface area (Å²) in [5.41, 5.74) is 1.84. The quantitative estimate of drug-likeness (QED) is 0.683. The van der Waals surface area contributed by atoms with Gasteiger partial charge in [-0.1, -0.05) is 30.0 Å². The number of carbonyl (C=O) groups is 1. The molecular formula is C17H18N4O2S. The van der Waals surface area contributed by atoms with Gasteiger partial charge < -0.3 is 9.64 Å². The van der Waals surface area contributed by atoms with Gasteiger partial charge in [0, 0.05) is 13.1 Å². The van der Waals surface area contributed by atoms with Crippen LogP contribution in [0.15, 0.2) is 41.6 Å². The molecule has 1 fully saturated rings. The van der Waals surface area contributed by atoms with Crippen LogP contribution in [0, 0.1) is 0 Å². The Labute approximate surface area is 143 Å². The lowest BCUT2D eigenvalue weighted by Crippen LogP contribution is -2.44. The standard InChI is InChI=1S/C17H18N4O2S/c1-12(16(22)20-8-10-23-11-9-20)24-17-19-18-15-7-6-13-4-2-3-5-14(13)21(15)17/h2-7,12H,8-11H2,1H3. The minimum atomic E-state index is -0.213. The van der Waals surface area contributed by atoms with Crippen molar-refractivity contribution in [3.63, 3.8) is 0 Å². The van der Waals surface area contributed by atoms with Crippen molar-refractivity contribution in [2.75, 3.05) is 26.3 Å². The molecule has 4 rings (SSSR count). The second-order valence-electron chi connectivity index (χ2n) is 5.77. The maximum absolute atomic E-state index is 12.6. The number of pyridine rings is 1. The number of fused-ring (bicyclic) bond motifs is 3. The summed E-state index contributed by atoms with van der Waals surface area (Å²) < 4.78 is 7.33. The van der Waals surface area contributed by atoms with Gasteiger partial charge in [0.25, 0.3) is 0 Å². The van der Waals surface area contributed by atoms with Crippen molar-refractivity contribution in [1.29, 1.82) is 0 Å². The minimum absolute atomic E-state index is 0.125. The summed E-state index contributed by atoms with van der Waals surface area (Å²) in [6.45, 7) is 4.47. The van der Waals surface area contributed by atoms with Gasteiger partial charge in [0.05, 0.1) is 24.0 Å². The van der Waals surface area contributed by atoms with Crippen LogP contribution < -0.4 is 0 Å². The lowest BCUT2D eigenvalue weighted by Gasteiger charge is -2.28. The highest BCUT2D eigenvalue weighted by Gasteiger charge is 2.25. The van der Waals surface area contributed by atoms with Gasteiger partial charge in [-0.15, -0.1) is 10.2 Å². The van der Waals surface area contributed by atoms with Gasteiger partial charge >= 0.3 is 0 Å². The molecule has 7 heteroatoms. The number of amides is 1. The largest absolute Gasteiger partial charge is 0.378 e. The highest BCUT2D eigenvalue weighted by atomic mass is 32.2. The van der Waals surface area contributed by atoms with E-state index in [0.29, 0.717) is 26.3 Å². The Bertz CT molecular complexity index is 889. The van der Waals surface area contributed by atoms with Gasteiger partial charge in [-0.3, -0.25) is 9.20 Å². The average Bonchev–Trinajstić information content (AvgIpc) is 3.05. The smallest absolute Gasteiger partial charge is 0.236 e. The minimum Gasteiger partial charge on any atom is -0.378 e. The molecule has 1 aliphatic rings. The van der Waals surface area contributed by atoms with Crippen LogP contribution in [0.2, 0.25) is 0 Å². The Morgan fingerprint density at radius 2 is 1.96 bits per heavy atom. The predicted octanol–water partition coefficient (Wildman–Crippen LogP) is 2.22. The SMILES string of the molecule is CC(Sc1nnc2ccc3ccccc3n12)C(=O)N1CCOCC1. The zero-order chi connectivity index (χ0) is 16.5. The summed E-state index contributed by atoms with van der Waals surface area (Å²) in [4.78, 5) is 14.5. The first-order valence-corrected chi connectivity index (χ1v) is 8.88. The Morgan fingerprint density at radius 3 is 2.79 bits per heavy atom. The van der Waals surface area contributed by atoms with Gasteiger partial charge in [0.15, 0.2) is 10.8 Å². The first kappa shape index (κ1) is 15.4. The molecule has 1 unspecified atom stereocenters. The van der Waals surface area contributed by atoms with Crippen molar-refractivity contribution < 1.29 is 9.53 Å². The summed E-state index contributed by atoms with van der Waals surface area (Å²) in [5, 5.41) is 10.2. The third-order valence-corrected chi connectivity index (χ3v) is 5.23. The Hall–Kier alpha value is -2.12. The van der Waals surface area contributed by atoms with E-state index in [4.69, 9.17) is 4.74 Å². The molecule has 1 aliphatic heterocycles. The van der Waals surface area contributed by atoms with E-state index in [1.807, 2.05) is 46.6 Å². The fourth-order valence-electron chi connectivity index (χ4n) is 2.94. The van der Waals surface area contributed by atoms with Crippen molar-refractivity contribution in [3.8, 4) is 0 Å². The molecular weight excluding hydrogens is 324 g/mol. The molecule has 6 nitrogen and oxygen atoms in total. The number of rotatable bonds is 3. The maximum atomic E-state index is 12.6. The maximum Gasteiger partial charge on any atom is 0.236 e. The summed E-state index contributed by atoms with van der Waals surface area (Å²) in [6.07, 6.45) is 0. The first-order valence-electron chi connectivity index (χ1n) is 8.00. The number of ether oxygens (including phenoxy) is 1. The number of aromatic nitrogens is 3. The second kappa shape index (κ2) is 6.41. The monoisotopic (exact) mass is 342 g/mol. The molecule has 2 aromatic heterocycles. The normalized spacial score (nSPS) is 16.6. The number of nitrogens with zero attached hydrogens (tertiary/aromatic N) is 4. The van der Waals surface area contributed by atoms with E-state index in [0.717, 1.165) is 21.7 Å². The zero-order valence-electron chi connectivity index (χ0n) is 13.4. The fraction of sp³-hybridized carbons (Fsp3) is 0.353. The van der Waals surface area contributed by atoms with E-state index in [2.05, 4.69) is 16.3 Å². The predicted molar refractivity (Wildman–Crippen MR) is 93.2 cm³/mol. The molecule has 0 spiro atoms. The highest BCUT2D eigenvalue weighted by molar-refractivity contribution is 8.00. The van der Waals surface area contributed by atoms with Crippen molar-refractivity contribution in [3.05, 3.63) is 36.4 Å². The molecule has 1 aromatic carbocycles. The van der Waals surface area contributed by atoms with E-state index >= 15 is 0 Å². The summed E-state index contributed by atoms with van der Waals surface area (Å²) in [7, 11) is 0. The van der Waals surface area contributed by atoms with E-state index in [-0.39, 0.29) is 11.2 Å². The van der Waals surface area contributed by atoms with Crippen molar-refractivity contribution in [1.82, 2.24) is 19.5 Å². The van der Waals surface area contributed by atoms with Crippen LogP contribution in [0.5, 0.6) is 0 Å². The molecule has 0 saturated carbocycles. The third-order valence-electron chi connectivity index (χ3n) is 4.20. The second-order valence-corrected chi connectivity index (χ2v) is 7.07. The molecule has 3 aromatic rings. The summed E-state index contributed by atoms with van der Waals surface area (Å²) >= 11 is 1.45. The van der Waals surface area contributed by atoms with Crippen molar-refractivity contribution in [2.45, 2.75) is 17.3 Å². The molecule has 1 saturated heterocycles. The van der Waals surface area contributed by atoms with E-state index < -0.39 is 0 Å². The number of morpholine rings is 1. The van der Waals surface area contributed by atoms with Crippen LogP contribution in [0.4, 0.5) is 0 Å². The van der Waals surface area contributed by atoms with Crippen molar-refractivity contribution >= 4 is 34.2 Å². The van der Waals surface area contributed by atoms with Crippen LogP contribution in [0.25, 0.3) is 16.6 Å². The molecule has 124 valence electrons. The lowest BCUT2D eigenvalue weighted by atomic mass is 10.2. The zero-order valence-corrected chi connectivity index (χ0v) is 14.2. The Balaban J connectivity index is 1.64. The fourth-order valence-corrected chi connectivity index (χ4v) is 3.89. The summed E-state index contributed by atoms with van der Waals surface area (Å²) in [6, 6.07) is 12.1. The molecule has 0 N–H and O–H groups in total. The number of carbonyl (C=O) groups excluding carboxylic acids is 1. The molecule has 0 radical (unpaired) electrons. The van der Waals surface area contributed by atoms with Crippen LogP contribution in [-0.4, -0.2) is 57.0 Å². The first-order chi connectivity index (χ1) is 11.7. The van der Waals surface area contributed by atoms with Crippen LogP contribution >= 0.6 is 11.8 Å². The van der Waals surface area contributed by atoms with Gasteiger partial charge in [0.1, 0.15) is 0 Å². The molecule has 0 bridgehead atoms. The van der Waals surface area contributed by atoms with E-state index in [1.165, 1.54) is 11.8 Å². The number of benzene rings is 1. The van der Waals surface area contributed by atoms with Crippen LogP contribution in [-0.2, 0) is 9.53 Å². The average molecular weight is 342 g/mol. The summed E-state index contributed by atoms with van der Waals surface area (Å²) in [5.74, 6) is 0.125. The van der Waals surface area contributed by atoms with Crippen molar-refractivity contribution in [2.24, 2.45) is 0 Å². The van der Waals surface area contributed by atoms with E-state index in [1.54, 1.807) is 0 Å². The topological polar surface area (TPSA) is 59.7 Å². The lowest BCUT2D eigenvalue weighted by molar-refractivity contribution is -0.134. The van der Waals surface area contributed by atoms with Crippen LogP contribution in [0.3, 0.4) is 0 Å². The molecule has 1 atom stereocenters. The van der Waals surface area contributed by atoms with Gasteiger partial charge in [-0.05, 0) is 30.5 Å². The highest BCUT2D eigenvalue weighted by Crippen LogP contribution is 2.27. The molecule has 0 aliphatic carbocycles. The number of thioether (sulfide) groups is 1. The van der Waals surface area contributed by atoms with Gasteiger partial charge in [-0.25, -0.2) is 0 Å².